The Kier molecular flexibility index (Phi) is 6.84. The van der Waals surface area contributed by atoms with Gasteiger partial charge in [-0.2, -0.15) is 10.1 Å². The highest BCUT2D eigenvalue weighted by Gasteiger charge is 2.29. The van der Waals surface area contributed by atoms with Gasteiger partial charge in [-0.25, -0.2) is 18.8 Å². The van der Waals surface area contributed by atoms with Gasteiger partial charge < -0.3 is 23.8 Å². The molecule has 0 amide bonds. The number of morpholine rings is 1. The number of nitrogens with one attached hydrogen (secondary N) is 1. The molecule has 1 saturated heterocycles. The summed E-state index contributed by atoms with van der Waals surface area (Å²) in [5.74, 6) is 2.47. The fourth-order valence-electron chi connectivity index (χ4n) is 3.84. The number of hydrogen-bond donors (Lipinski definition) is 1. The highest BCUT2D eigenvalue weighted by atomic mass is 32.2. The van der Waals surface area contributed by atoms with Crippen molar-refractivity contribution in [2.45, 2.75) is 12.2 Å². The number of sulfone groups is 1. The molecule has 0 unspecified atom stereocenters. The Morgan fingerprint density at radius 1 is 1.09 bits per heavy atom. The molecule has 3 heterocycles. The van der Waals surface area contributed by atoms with Gasteiger partial charge in [-0.05, 0) is 12.1 Å². The zero-order valence-corrected chi connectivity index (χ0v) is 19.6. The number of ether oxygens (including phenoxy) is 4. The fourth-order valence-corrected chi connectivity index (χ4v) is 5.23. The molecular formula is C21H27N5O6S. The second kappa shape index (κ2) is 9.79. The number of fused-ring (bicyclic) bond motifs is 1. The molecule has 4 rings (SSSR count). The Morgan fingerprint density at radius 3 is 2.42 bits per heavy atom. The summed E-state index contributed by atoms with van der Waals surface area (Å²) in [6, 6.07) is 3.54. The van der Waals surface area contributed by atoms with Crippen LogP contribution in [0.15, 0.2) is 17.2 Å². The topological polar surface area (TPSA) is 124 Å². The minimum atomic E-state index is -3.16. The molecule has 0 radical (unpaired) electrons. The standard InChI is InChI=1S/C21H27N5O6S/c1-29-17-10-14(11-18(30-2)19(17)31-3)12-22-25-21-23-16-4-9-33(27,28)13-15(16)20(24-21)26-5-7-32-8-6-26/h10-12H,4-9,13H2,1-3H3,(H,23,24,25)/b22-12+. The summed E-state index contributed by atoms with van der Waals surface area (Å²) in [6.45, 7) is 2.40. The summed E-state index contributed by atoms with van der Waals surface area (Å²) >= 11 is 0. The SMILES string of the molecule is COc1cc(/C=N/Nc2nc3c(c(N4CCOCC4)n2)CS(=O)(=O)CC3)cc(OC)c1OC. The zero-order chi connectivity index (χ0) is 23.4. The summed E-state index contributed by atoms with van der Waals surface area (Å²) in [7, 11) is 1.47. The van der Waals surface area contributed by atoms with E-state index >= 15 is 0 Å². The second-order valence-electron chi connectivity index (χ2n) is 7.57. The van der Waals surface area contributed by atoms with Crippen molar-refractivity contribution >= 4 is 27.8 Å². The monoisotopic (exact) mass is 477 g/mol. The van der Waals surface area contributed by atoms with Gasteiger partial charge in [-0.15, -0.1) is 0 Å². The molecule has 0 atom stereocenters. The number of rotatable bonds is 7. The maximum absolute atomic E-state index is 12.2. The van der Waals surface area contributed by atoms with E-state index in [2.05, 4.69) is 20.5 Å². The van der Waals surface area contributed by atoms with Gasteiger partial charge >= 0.3 is 0 Å². The van der Waals surface area contributed by atoms with Gasteiger partial charge in [-0.3, -0.25) is 0 Å². The first-order valence-corrected chi connectivity index (χ1v) is 12.3. The van der Waals surface area contributed by atoms with Crippen LogP contribution in [0.2, 0.25) is 0 Å². The summed E-state index contributed by atoms with van der Waals surface area (Å²) < 4.78 is 46.0. The maximum atomic E-state index is 12.2. The number of benzene rings is 1. The van der Waals surface area contributed by atoms with Crippen LogP contribution in [0, 0.1) is 0 Å². The van der Waals surface area contributed by atoms with E-state index in [0.717, 1.165) is 11.3 Å². The van der Waals surface area contributed by atoms with Crippen LogP contribution in [0.25, 0.3) is 0 Å². The van der Waals surface area contributed by atoms with Crippen LogP contribution in [-0.4, -0.2) is 78.0 Å². The Bertz CT molecular complexity index is 1120. The summed E-state index contributed by atoms with van der Waals surface area (Å²) in [6.07, 6.45) is 1.94. The Labute approximate surface area is 192 Å². The number of anilines is 2. The van der Waals surface area contributed by atoms with Crippen molar-refractivity contribution in [3.63, 3.8) is 0 Å². The van der Waals surface area contributed by atoms with Crippen molar-refractivity contribution in [3.8, 4) is 17.2 Å². The van der Waals surface area contributed by atoms with E-state index in [0.29, 0.717) is 67.3 Å². The Hall–Kier alpha value is -3.12. The van der Waals surface area contributed by atoms with Crippen LogP contribution in [0.5, 0.6) is 17.2 Å². The van der Waals surface area contributed by atoms with Crippen molar-refractivity contribution < 1.29 is 27.4 Å². The summed E-state index contributed by atoms with van der Waals surface area (Å²) in [5.41, 5.74) is 4.99. The van der Waals surface area contributed by atoms with Crippen molar-refractivity contribution in [3.05, 3.63) is 29.0 Å². The third kappa shape index (κ3) is 5.11. The Balaban J connectivity index is 1.62. The van der Waals surface area contributed by atoms with E-state index in [1.807, 2.05) is 4.90 Å². The molecule has 0 bridgehead atoms. The van der Waals surface area contributed by atoms with Crippen LogP contribution in [0.4, 0.5) is 11.8 Å². The van der Waals surface area contributed by atoms with E-state index in [4.69, 9.17) is 18.9 Å². The van der Waals surface area contributed by atoms with E-state index in [-0.39, 0.29) is 11.5 Å². The van der Waals surface area contributed by atoms with Crippen LogP contribution in [0.1, 0.15) is 16.8 Å². The first-order chi connectivity index (χ1) is 15.9. The number of hydrazone groups is 1. The number of aryl methyl sites for hydroxylation is 1. The maximum Gasteiger partial charge on any atom is 0.245 e. The number of aromatic nitrogens is 2. The first kappa shape index (κ1) is 23.1. The van der Waals surface area contributed by atoms with Gasteiger partial charge in [0.2, 0.25) is 11.7 Å². The number of nitrogens with zero attached hydrogens (tertiary/aromatic N) is 4. The van der Waals surface area contributed by atoms with Gasteiger partial charge in [0.25, 0.3) is 0 Å². The molecule has 0 saturated carbocycles. The quantitative estimate of drug-likeness (QED) is 0.460. The molecule has 2 aliphatic rings. The number of hydrogen-bond acceptors (Lipinski definition) is 11. The first-order valence-electron chi connectivity index (χ1n) is 10.5. The van der Waals surface area contributed by atoms with Gasteiger partial charge in [0, 0.05) is 30.6 Å². The Morgan fingerprint density at radius 2 is 1.79 bits per heavy atom. The van der Waals surface area contributed by atoms with Crippen LogP contribution in [-0.2, 0) is 26.7 Å². The molecule has 11 nitrogen and oxygen atoms in total. The fraction of sp³-hybridized carbons (Fsp3) is 0.476. The molecule has 33 heavy (non-hydrogen) atoms. The molecule has 178 valence electrons. The van der Waals surface area contributed by atoms with Gasteiger partial charge in [0.15, 0.2) is 21.3 Å². The zero-order valence-electron chi connectivity index (χ0n) is 18.8. The molecule has 1 fully saturated rings. The van der Waals surface area contributed by atoms with E-state index in [9.17, 15) is 8.42 Å². The molecule has 0 aliphatic carbocycles. The van der Waals surface area contributed by atoms with Gasteiger partial charge in [-0.1, -0.05) is 0 Å². The molecule has 12 heteroatoms. The average molecular weight is 478 g/mol. The third-order valence-corrected chi connectivity index (χ3v) is 7.02. The highest BCUT2D eigenvalue weighted by molar-refractivity contribution is 7.90. The summed E-state index contributed by atoms with van der Waals surface area (Å²) in [4.78, 5) is 11.2. The molecule has 2 aromatic rings. The normalized spacial score (nSPS) is 17.5. The van der Waals surface area contributed by atoms with Gasteiger partial charge in [0.05, 0.1) is 58.0 Å². The van der Waals surface area contributed by atoms with Crippen molar-refractivity contribution in [2.75, 3.05) is 63.7 Å². The largest absolute Gasteiger partial charge is 0.493 e. The lowest BCUT2D eigenvalue weighted by Gasteiger charge is -2.31. The molecule has 1 N–H and O–H groups in total. The predicted molar refractivity (Wildman–Crippen MR) is 124 cm³/mol. The van der Waals surface area contributed by atoms with Crippen molar-refractivity contribution in [1.29, 1.82) is 0 Å². The van der Waals surface area contributed by atoms with E-state index in [1.165, 1.54) is 0 Å². The average Bonchev–Trinajstić information content (AvgIpc) is 2.83. The molecule has 2 aliphatic heterocycles. The predicted octanol–water partition coefficient (Wildman–Crippen LogP) is 1.26. The van der Waals surface area contributed by atoms with Crippen molar-refractivity contribution in [2.24, 2.45) is 5.10 Å². The molecule has 1 aromatic carbocycles. The third-order valence-electron chi connectivity index (χ3n) is 5.46. The number of methoxy groups -OCH3 is 3. The van der Waals surface area contributed by atoms with Gasteiger partial charge in [0.1, 0.15) is 5.82 Å². The van der Waals surface area contributed by atoms with Crippen LogP contribution >= 0.6 is 0 Å². The minimum Gasteiger partial charge on any atom is -0.493 e. The smallest absolute Gasteiger partial charge is 0.245 e. The summed E-state index contributed by atoms with van der Waals surface area (Å²) in [5, 5.41) is 4.27. The minimum absolute atomic E-state index is 0.0516. The van der Waals surface area contributed by atoms with Crippen LogP contribution < -0.4 is 24.5 Å². The van der Waals surface area contributed by atoms with Crippen molar-refractivity contribution in [1.82, 2.24) is 9.97 Å². The highest BCUT2D eigenvalue weighted by Crippen LogP contribution is 2.37. The lowest BCUT2D eigenvalue weighted by Crippen LogP contribution is -2.38. The van der Waals surface area contributed by atoms with E-state index in [1.54, 1.807) is 39.7 Å². The molecule has 0 spiro atoms. The van der Waals surface area contributed by atoms with E-state index < -0.39 is 9.84 Å². The second-order valence-corrected chi connectivity index (χ2v) is 9.75. The van der Waals surface area contributed by atoms with Crippen LogP contribution in [0.3, 0.4) is 0 Å². The lowest BCUT2D eigenvalue weighted by molar-refractivity contribution is 0.122. The molecule has 1 aromatic heterocycles. The molecular weight excluding hydrogens is 450 g/mol. The lowest BCUT2D eigenvalue weighted by atomic mass is 10.1.